The fourth-order valence-electron chi connectivity index (χ4n) is 4.73. The largest absolute Gasteiger partial charge is 0.422 e. The molecule has 2 aromatic heterocycles. The molecule has 0 aliphatic carbocycles. The molecule has 5 rings (SSSR count). The highest BCUT2D eigenvalue weighted by molar-refractivity contribution is 7.98. The molecular formula is C27H29FN4O2S. The van der Waals surface area contributed by atoms with Gasteiger partial charge >= 0.3 is 5.63 Å². The zero-order chi connectivity index (χ0) is 24.5. The molecule has 1 unspecified atom stereocenters. The molecule has 1 atom stereocenters. The number of halogens is 1. The molecule has 0 spiro atoms. The quantitative estimate of drug-likeness (QED) is 0.244. The second-order valence-electron chi connectivity index (χ2n) is 9.19. The van der Waals surface area contributed by atoms with E-state index < -0.39 is 0 Å². The highest BCUT2D eigenvalue weighted by Crippen LogP contribution is 2.32. The molecule has 0 saturated carbocycles. The van der Waals surface area contributed by atoms with Crippen molar-refractivity contribution in [3.8, 4) is 5.69 Å². The second-order valence-corrected chi connectivity index (χ2v) is 10.1. The number of nitrogens with zero attached hydrogens (tertiary/aromatic N) is 4. The number of aromatic nitrogens is 3. The number of fused-ring (bicyclic) bond motifs is 1. The first kappa shape index (κ1) is 23.8. The summed E-state index contributed by atoms with van der Waals surface area (Å²) in [6, 6.07) is 12.1. The zero-order valence-electron chi connectivity index (χ0n) is 20.3. The lowest BCUT2D eigenvalue weighted by molar-refractivity contribution is 0.167. The molecule has 2 aromatic carbocycles. The Bertz CT molecular complexity index is 1410. The van der Waals surface area contributed by atoms with E-state index in [0.717, 1.165) is 46.7 Å². The average molecular weight is 493 g/mol. The Morgan fingerprint density at radius 3 is 2.54 bits per heavy atom. The molecule has 3 heterocycles. The lowest BCUT2D eigenvalue weighted by Gasteiger charge is -2.31. The molecule has 1 aliphatic rings. The van der Waals surface area contributed by atoms with Gasteiger partial charge in [0.25, 0.3) is 0 Å². The molecule has 35 heavy (non-hydrogen) atoms. The SMILES string of the molecule is Cc1ccc2c(CSc3nnc(C(C)N4CCCCC4)n3-c3ccc(F)cc3)cc(=O)oc2c1C. The van der Waals surface area contributed by atoms with E-state index in [1.807, 2.05) is 30.5 Å². The van der Waals surface area contributed by atoms with Crippen LogP contribution in [0.1, 0.15) is 54.7 Å². The number of rotatable bonds is 6. The summed E-state index contributed by atoms with van der Waals surface area (Å²) >= 11 is 1.51. The van der Waals surface area contributed by atoms with Crippen LogP contribution in [0.5, 0.6) is 0 Å². The molecule has 4 aromatic rings. The van der Waals surface area contributed by atoms with E-state index >= 15 is 0 Å². The zero-order valence-corrected chi connectivity index (χ0v) is 21.1. The normalized spacial score (nSPS) is 15.5. The van der Waals surface area contributed by atoms with Crippen molar-refractivity contribution < 1.29 is 8.81 Å². The fourth-order valence-corrected chi connectivity index (χ4v) is 5.68. The van der Waals surface area contributed by atoms with E-state index in [1.165, 1.54) is 43.2 Å². The van der Waals surface area contributed by atoms with Crippen LogP contribution in [0.4, 0.5) is 4.39 Å². The summed E-state index contributed by atoms with van der Waals surface area (Å²) in [5.41, 5.74) is 4.04. The maximum atomic E-state index is 13.7. The summed E-state index contributed by atoms with van der Waals surface area (Å²) in [4.78, 5) is 14.8. The number of hydrogen-bond donors (Lipinski definition) is 0. The van der Waals surface area contributed by atoms with Crippen molar-refractivity contribution in [1.29, 1.82) is 0 Å². The first-order valence-electron chi connectivity index (χ1n) is 12.0. The van der Waals surface area contributed by atoms with Crippen LogP contribution >= 0.6 is 11.8 Å². The molecular weight excluding hydrogens is 463 g/mol. The van der Waals surface area contributed by atoms with Gasteiger partial charge in [0, 0.05) is 22.9 Å². The number of likely N-dealkylation sites (tertiary alicyclic amines) is 1. The van der Waals surface area contributed by atoms with Gasteiger partial charge in [0.1, 0.15) is 11.4 Å². The van der Waals surface area contributed by atoms with E-state index in [4.69, 9.17) is 4.42 Å². The fraction of sp³-hybridized carbons (Fsp3) is 0.370. The third-order valence-electron chi connectivity index (χ3n) is 6.93. The number of piperidine rings is 1. The smallest absolute Gasteiger partial charge is 0.336 e. The molecule has 1 fully saturated rings. The minimum Gasteiger partial charge on any atom is -0.422 e. The second kappa shape index (κ2) is 9.95. The molecule has 0 N–H and O–H groups in total. The minimum atomic E-state index is -0.360. The van der Waals surface area contributed by atoms with Gasteiger partial charge in [0.2, 0.25) is 0 Å². The predicted octanol–water partition coefficient (Wildman–Crippen LogP) is 5.97. The average Bonchev–Trinajstić information content (AvgIpc) is 3.29. The third-order valence-corrected chi connectivity index (χ3v) is 7.91. The van der Waals surface area contributed by atoms with Gasteiger partial charge in [0.05, 0.1) is 6.04 Å². The van der Waals surface area contributed by atoms with Crippen molar-refractivity contribution in [2.24, 2.45) is 0 Å². The van der Waals surface area contributed by atoms with Gasteiger partial charge in [-0.1, -0.05) is 30.3 Å². The van der Waals surface area contributed by atoms with E-state index in [0.29, 0.717) is 16.5 Å². The van der Waals surface area contributed by atoms with Crippen LogP contribution < -0.4 is 5.63 Å². The molecule has 0 amide bonds. The van der Waals surface area contributed by atoms with Crippen molar-refractivity contribution >= 4 is 22.7 Å². The molecule has 0 radical (unpaired) electrons. The molecule has 6 nitrogen and oxygen atoms in total. The highest BCUT2D eigenvalue weighted by Gasteiger charge is 2.26. The Kier molecular flexibility index (Phi) is 6.75. The predicted molar refractivity (Wildman–Crippen MR) is 137 cm³/mol. The summed E-state index contributed by atoms with van der Waals surface area (Å²) in [6.45, 7) is 8.20. The molecule has 1 saturated heterocycles. The van der Waals surface area contributed by atoms with Crippen molar-refractivity contribution in [2.45, 2.75) is 57.0 Å². The number of benzene rings is 2. The van der Waals surface area contributed by atoms with E-state index in [-0.39, 0.29) is 17.5 Å². The lowest BCUT2D eigenvalue weighted by Crippen LogP contribution is -2.33. The van der Waals surface area contributed by atoms with Crippen LogP contribution in [-0.2, 0) is 5.75 Å². The molecule has 1 aliphatic heterocycles. The number of thioether (sulfide) groups is 1. The summed E-state index contributed by atoms with van der Waals surface area (Å²) in [6.07, 6.45) is 3.62. The van der Waals surface area contributed by atoms with Gasteiger partial charge in [-0.25, -0.2) is 9.18 Å². The van der Waals surface area contributed by atoms with E-state index in [1.54, 1.807) is 18.2 Å². The van der Waals surface area contributed by atoms with Gasteiger partial charge in [0.15, 0.2) is 11.0 Å². The van der Waals surface area contributed by atoms with Crippen LogP contribution in [0.3, 0.4) is 0 Å². The van der Waals surface area contributed by atoms with Crippen LogP contribution in [0, 0.1) is 19.7 Å². The first-order valence-corrected chi connectivity index (χ1v) is 13.0. The lowest BCUT2D eigenvalue weighted by atomic mass is 10.0. The Hall–Kier alpha value is -2.97. The van der Waals surface area contributed by atoms with Gasteiger partial charge in [-0.2, -0.15) is 0 Å². The Balaban J connectivity index is 1.52. The topological polar surface area (TPSA) is 64.2 Å². The summed E-state index contributed by atoms with van der Waals surface area (Å²) < 4.78 is 21.3. The number of hydrogen-bond acceptors (Lipinski definition) is 6. The van der Waals surface area contributed by atoms with Crippen LogP contribution in [0.15, 0.2) is 56.8 Å². The van der Waals surface area contributed by atoms with E-state index in [9.17, 15) is 9.18 Å². The van der Waals surface area contributed by atoms with Crippen molar-refractivity contribution in [1.82, 2.24) is 19.7 Å². The highest BCUT2D eigenvalue weighted by atomic mass is 32.2. The summed E-state index contributed by atoms with van der Waals surface area (Å²) in [5, 5.41) is 10.8. The van der Waals surface area contributed by atoms with Gasteiger partial charge in [-0.05, 0) is 87.7 Å². The maximum absolute atomic E-state index is 13.7. The molecule has 0 bridgehead atoms. The van der Waals surface area contributed by atoms with E-state index in [2.05, 4.69) is 22.0 Å². The summed E-state index contributed by atoms with van der Waals surface area (Å²) in [7, 11) is 0. The molecule has 8 heteroatoms. The van der Waals surface area contributed by atoms with Gasteiger partial charge in [-0.15, -0.1) is 10.2 Å². The van der Waals surface area contributed by atoms with Gasteiger partial charge < -0.3 is 4.42 Å². The van der Waals surface area contributed by atoms with Crippen molar-refractivity contribution in [3.63, 3.8) is 0 Å². The van der Waals surface area contributed by atoms with Gasteiger partial charge in [-0.3, -0.25) is 9.47 Å². The van der Waals surface area contributed by atoms with Crippen molar-refractivity contribution in [2.75, 3.05) is 13.1 Å². The molecule has 182 valence electrons. The van der Waals surface area contributed by atoms with Crippen LogP contribution in [0.2, 0.25) is 0 Å². The Labute approximate surface area is 208 Å². The van der Waals surface area contributed by atoms with Crippen LogP contribution in [-0.4, -0.2) is 32.8 Å². The monoisotopic (exact) mass is 492 g/mol. The Morgan fingerprint density at radius 1 is 1.06 bits per heavy atom. The van der Waals surface area contributed by atoms with Crippen molar-refractivity contribution in [3.05, 3.63) is 81.2 Å². The first-order chi connectivity index (χ1) is 16.9. The Morgan fingerprint density at radius 2 is 1.80 bits per heavy atom. The summed E-state index contributed by atoms with van der Waals surface area (Å²) in [5.74, 6) is 1.09. The number of aryl methyl sites for hydroxylation is 2. The minimum absolute atomic E-state index is 0.0810. The van der Waals surface area contributed by atoms with Crippen LogP contribution in [0.25, 0.3) is 16.7 Å². The standard InChI is InChI=1S/C27H29FN4O2S/c1-17-7-12-23-20(15-24(33)34-25(23)18(17)2)16-35-27-30-29-26(19(3)31-13-5-4-6-14-31)32(27)22-10-8-21(28)9-11-22/h7-12,15,19H,4-6,13-14,16H2,1-3H3. The maximum Gasteiger partial charge on any atom is 0.336 e. The third kappa shape index (κ3) is 4.77.